The van der Waals surface area contributed by atoms with Gasteiger partial charge < -0.3 is 14.6 Å². The van der Waals surface area contributed by atoms with Crippen LogP contribution in [0.2, 0.25) is 0 Å². The zero-order chi connectivity index (χ0) is 19.2. The van der Waals surface area contributed by atoms with Gasteiger partial charge in [0.25, 0.3) is 0 Å². The molecule has 1 amide bonds. The molecule has 1 N–H and O–H groups in total. The van der Waals surface area contributed by atoms with Crippen molar-refractivity contribution in [3.05, 3.63) is 60.3 Å². The Morgan fingerprint density at radius 1 is 1.04 bits per heavy atom. The van der Waals surface area contributed by atoms with Gasteiger partial charge in [0.15, 0.2) is 5.78 Å². The zero-order valence-electron chi connectivity index (χ0n) is 15.7. The number of benzene rings is 2. The van der Waals surface area contributed by atoms with Gasteiger partial charge in [0.1, 0.15) is 12.3 Å². The van der Waals surface area contributed by atoms with Crippen LogP contribution < -0.4 is 10.1 Å². The molecular formula is C22H24N2O3. The summed E-state index contributed by atoms with van der Waals surface area (Å²) in [6.45, 7) is 4.66. The smallest absolute Gasteiger partial charge is 0.244 e. The Bertz CT molecular complexity index is 942. The highest BCUT2D eigenvalue weighted by molar-refractivity contribution is 6.08. The number of carbonyl (C=O) groups excluding carboxylic acids is 2. The molecule has 0 atom stereocenters. The highest BCUT2D eigenvalue weighted by atomic mass is 16.5. The fourth-order valence-electron chi connectivity index (χ4n) is 3.12. The number of carbonyl (C=O) groups is 2. The van der Waals surface area contributed by atoms with Crippen molar-refractivity contribution >= 4 is 28.3 Å². The summed E-state index contributed by atoms with van der Waals surface area (Å²) < 4.78 is 7.24. The molecule has 0 saturated heterocycles. The average Bonchev–Trinajstić information content (AvgIpc) is 3.02. The molecule has 5 nitrogen and oxygen atoms in total. The second kappa shape index (κ2) is 8.54. The number of nitrogens with one attached hydrogen (secondary N) is 1. The third-order valence-electron chi connectivity index (χ3n) is 4.33. The highest BCUT2D eigenvalue weighted by Crippen LogP contribution is 2.23. The lowest BCUT2D eigenvalue weighted by molar-refractivity contribution is -0.116. The molecule has 0 bridgehead atoms. The Hall–Kier alpha value is -3.08. The van der Waals surface area contributed by atoms with E-state index in [2.05, 4.69) is 5.32 Å². The second-order valence-electron chi connectivity index (χ2n) is 6.37. The summed E-state index contributed by atoms with van der Waals surface area (Å²) in [4.78, 5) is 24.9. The molecule has 5 heteroatoms. The van der Waals surface area contributed by atoms with Crippen LogP contribution in [0.5, 0.6) is 5.75 Å². The van der Waals surface area contributed by atoms with Crippen LogP contribution in [0, 0.1) is 0 Å². The Labute approximate surface area is 158 Å². The van der Waals surface area contributed by atoms with Crippen molar-refractivity contribution in [2.24, 2.45) is 0 Å². The predicted octanol–water partition coefficient (Wildman–Crippen LogP) is 4.66. The normalized spacial score (nSPS) is 10.7. The molecule has 1 aromatic heterocycles. The molecule has 1 heterocycles. The summed E-state index contributed by atoms with van der Waals surface area (Å²) in [5.41, 5.74) is 2.28. The number of nitrogens with zero attached hydrogens (tertiary/aromatic N) is 1. The van der Waals surface area contributed by atoms with Gasteiger partial charge in [0, 0.05) is 34.8 Å². The Balaban J connectivity index is 1.77. The zero-order valence-corrected chi connectivity index (χ0v) is 15.7. The minimum Gasteiger partial charge on any atom is -0.494 e. The summed E-state index contributed by atoms with van der Waals surface area (Å²) >= 11 is 0. The molecule has 0 aliphatic carbocycles. The minimum atomic E-state index is -0.144. The van der Waals surface area contributed by atoms with Gasteiger partial charge in [-0.15, -0.1) is 0 Å². The Morgan fingerprint density at radius 3 is 2.48 bits per heavy atom. The van der Waals surface area contributed by atoms with Gasteiger partial charge in [-0.05, 0) is 43.7 Å². The number of ketones is 1. The number of ether oxygens (including phenoxy) is 1. The summed E-state index contributed by atoms with van der Waals surface area (Å²) in [7, 11) is 0. The highest BCUT2D eigenvalue weighted by Gasteiger charge is 2.15. The van der Waals surface area contributed by atoms with Crippen LogP contribution in [0.15, 0.2) is 54.7 Å². The maximum Gasteiger partial charge on any atom is 0.244 e. The largest absolute Gasteiger partial charge is 0.494 e. The first-order chi connectivity index (χ1) is 13.1. The lowest BCUT2D eigenvalue weighted by atomic mass is 10.1. The number of rotatable bonds is 8. The molecule has 0 spiro atoms. The van der Waals surface area contributed by atoms with E-state index in [-0.39, 0.29) is 18.2 Å². The van der Waals surface area contributed by atoms with Crippen molar-refractivity contribution in [2.75, 3.05) is 11.9 Å². The first-order valence-corrected chi connectivity index (χ1v) is 9.26. The molecular weight excluding hydrogens is 340 g/mol. The molecule has 0 unspecified atom stereocenters. The minimum absolute atomic E-state index is 0.111. The fraction of sp³-hybridized carbons (Fsp3) is 0.273. The number of Topliss-reactive ketones (excluding diaryl/α,β-unsaturated/α-hetero) is 1. The van der Waals surface area contributed by atoms with Crippen molar-refractivity contribution in [3.63, 3.8) is 0 Å². The van der Waals surface area contributed by atoms with E-state index in [1.54, 1.807) is 6.20 Å². The van der Waals surface area contributed by atoms with E-state index in [1.807, 2.05) is 66.9 Å². The van der Waals surface area contributed by atoms with E-state index < -0.39 is 0 Å². The monoisotopic (exact) mass is 364 g/mol. The standard InChI is InChI=1S/C22H24N2O3/c1-3-7-21(25)19-14-24(20-9-6-5-8-18(19)20)15-22(26)23-16-10-12-17(13-11-16)27-4-2/h5-6,8-14H,3-4,7,15H2,1-2H3,(H,23,26). The van der Waals surface area contributed by atoms with Crippen molar-refractivity contribution in [2.45, 2.75) is 33.2 Å². The molecule has 0 aliphatic rings. The SMILES string of the molecule is CCCC(=O)c1cn(CC(=O)Nc2ccc(OCC)cc2)c2ccccc12. The third-order valence-corrected chi connectivity index (χ3v) is 4.33. The van der Waals surface area contributed by atoms with Crippen LogP contribution >= 0.6 is 0 Å². The number of fused-ring (bicyclic) bond motifs is 1. The Kier molecular flexibility index (Phi) is 5.91. The molecule has 0 aliphatic heterocycles. The maximum atomic E-state index is 12.5. The van der Waals surface area contributed by atoms with Crippen LogP contribution in [0.1, 0.15) is 37.0 Å². The van der Waals surface area contributed by atoms with Gasteiger partial charge in [-0.3, -0.25) is 9.59 Å². The molecule has 27 heavy (non-hydrogen) atoms. The van der Waals surface area contributed by atoms with Gasteiger partial charge in [0.2, 0.25) is 5.91 Å². The van der Waals surface area contributed by atoms with Gasteiger partial charge in [-0.2, -0.15) is 0 Å². The Morgan fingerprint density at radius 2 is 1.78 bits per heavy atom. The van der Waals surface area contributed by atoms with Crippen LogP contribution in [-0.2, 0) is 11.3 Å². The lowest BCUT2D eigenvalue weighted by Crippen LogP contribution is -2.18. The first kappa shape index (κ1) is 18.7. The van der Waals surface area contributed by atoms with E-state index in [0.717, 1.165) is 23.1 Å². The number of hydrogen-bond acceptors (Lipinski definition) is 3. The first-order valence-electron chi connectivity index (χ1n) is 9.26. The summed E-state index contributed by atoms with van der Waals surface area (Å²) in [5.74, 6) is 0.736. The summed E-state index contributed by atoms with van der Waals surface area (Å²) in [6, 6.07) is 15.0. The maximum absolute atomic E-state index is 12.5. The van der Waals surface area contributed by atoms with E-state index in [4.69, 9.17) is 4.74 Å². The lowest BCUT2D eigenvalue weighted by Gasteiger charge is -2.08. The number of aromatic nitrogens is 1. The van der Waals surface area contributed by atoms with Gasteiger partial charge in [0.05, 0.1) is 6.61 Å². The van der Waals surface area contributed by atoms with E-state index in [9.17, 15) is 9.59 Å². The van der Waals surface area contributed by atoms with E-state index in [0.29, 0.717) is 24.3 Å². The number of amides is 1. The van der Waals surface area contributed by atoms with Crippen LogP contribution in [0.4, 0.5) is 5.69 Å². The van der Waals surface area contributed by atoms with Crippen LogP contribution in [-0.4, -0.2) is 22.9 Å². The van der Waals surface area contributed by atoms with Crippen LogP contribution in [0.25, 0.3) is 10.9 Å². The summed E-state index contributed by atoms with van der Waals surface area (Å²) in [5, 5.41) is 3.78. The van der Waals surface area contributed by atoms with Crippen molar-refractivity contribution in [1.29, 1.82) is 0 Å². The van der Waals surface area contributed by atoms with E-state index >= 15 is 0 Å². The molecule has 0 saturated carbocycles. The van der Waals surface area contributed by atoms with Gasteiger partial charge in [-0.1, -0.05) is 25.1 Å². The molecule has 2 aromatic carbocycles. The van der Waals surface area contributed by atoms with Crippen molar-refractivity contribution in [3.8, 4) is 5.75 Å². The third kappa shape index (κ3) is 4.37. The van der Waals surface area contributed by atoms with Crippen molar-refractivity contribution < 1.29 is 14.3 Å². The van der Waals surface area contributed by atoms with Crippen molar-refractivity contribution in [1.82, 2.24) is 4.57 Å². The van der Waals surface area contributed by atoms with E-state index in [1.165, 1.54) is 0 Å². The number of anilines is 1. The second-order valence-corrected chi connectivity index (χ2v) is 6.37. The molecule has 3 aromatic rings. The molecule has 140 valence electrons. The topological polar surface area (TPSA) is 60.3 Å². The quantitative estimate of drug-likeness (QED) is 0.591. The number of para-hydroxylation sites is 1. The fourth-order valence-corrected chi connectivity index (χ4v) is 3.12. The van der Waals surface area contributed by atoms with Gasteiger partial charge >= 0.3 is 0 Å². The number of hydrogen-bond donors (Lipinski definition) is 1. The average molecular weight is 364 g/mol. The van der Waals surface area contributed by atoms with Gasteiger partial charge in [-0.25, -0.2) is 0 Å². The van der Waals surface area contributed by atoms with Crippen LogP contribution in [0.3, 0.4) is 0 Å². The predicted molar refractivity (Wildman–Crippen MR) is 107 cm³/mol. The molecule has 0 radical (unpaired) electrons. The molecule has 0 fully saturated rings. The summed E-state index contributed by atoms with van der Waals surface area (Å²) in [6.07, 6.45) is 3.10. The molecule has 3 rings (SSSR count).